The van der Waals surface area contributed by atoms with Crippen LogP contribution in [0.15, 0.2) is 46.0 Å². The summed E-state index contributed by atoms with van der Waals surface area (Å²) in [7, 11) is -3.44. The van der Waals surface area contributed by atoms with Crippen molar-refractivity contribution in [3.63, 3.8) is 0 Å². The summed E-state index contributed by atoms with van der Waals surface area (Å²) in [5, 5.41) is 6.80. The standard InChI is InChI=1S/C16H18N2O3S2/c19-16(8-1-12-9-10-22-11-12)17-13-4-6-15(7-5-13)23(20,21)18-14-2-3-14/h4-7,9-11,14,18H,1-3,8H2,(H,17,19). The maximum absolute atomic E-state index is 12.1. The fourth-order valence-electron chi connectivity index (χ4n) is 2.12. The lowest BCUT2D eigenvalue weighted by atomic mass is 10.2. The van der Waals surface area contributed by atoms with Gasteiger partial charge in [-0.2, -0.15) is 11.3 Å². The van der Waals surface area contributed by atoms with Gasteiger partial charge in [0.05, 0.1) is 4.90 Å². The van der Waals surface area contributed by atoms with E-state index < -0.39 is 10.0 Å². The molecule has 0 saturated heterocycles. The first-order valence-corrected chi connectivity index (χ1v) is 9.89. The van der Waals surface area contributed by atoms with E-state index >= 15 is 0 Å². The number of hydrogen-bond donors (Lipinski definition) is 2. The second-order valence-corrected chi connectivity index (χ2v) is 8.09. The molecular weight excluding hydrogens is 332 g/mol. The molecule has 0 atom stereocenters. The van der Waals surface area contributed by atoms with Crippen molar-refractivity contribution in [2.75, 3.05) is 5.32 Å². The number of hydrogen-bond acceptors (Lipinski definition) is 4. The van der Waals surface area contributed by atoms with E-state index in [0.717, 1.165) is 18.4 Å². The number of amides is 1. The molecule has 0 bridgehead atoms. The second kappa shape index (κ2) is 6.82. The number of sulfonamides is 1. The average molecular weight is 350 g/mol. The van der Waals surface area contributed by atoms with Crippen molar-refractivity contribution in [2.45, 2.75) is 36.6 Å². The van der Waals surface area contributed by atoms with Crippen molar-refractivity contribution in [3.8, 4) is 0 Å². The minimum atomic E-state index is -3.44. The van der Waals surface area contributed by atoms with Gasteiger partial charge in [0.1, 0.15) is 0 Å². The Kier molecular flexibility index (Phi) is 4.79. The molecule has 1 fully saturated rings. The molecule has 2 aromatic rings. The molecule has 1 aromatic carbocycles. The minimum Gasteiger partial charge on any atom is -0.326 e. The number of benzene rings is 1. The number of carbonyl (C=O) groups excluding carboxylic acids is 1. The highest BCUT2D eigenvalue weighted by Gasteiger charge is 2.27. The van der Waals surface area contributed by atoms with Gasteiger partial charge in [-0.05, 0) is 65.9 Å². The lowest BCUT2D eigenvalue weighted by Gasteiger charge is -2.08. The number of nitrogens with one attached hydrogen (secondary N) is 2. The maximum atomic E-state index is 12.1. The molecule has 23 heavy (non-hydrogen) atoms. The lowest BCUT2D eigenvalue weighted by molar-refractivity contribution is -0.116. The molecule has 3 rings (SSSR count). The monoisotopic (exact) mass is 350 g/mol. The summed E-state index contributed by atoms with van der Waals surface area (Å²) in [4.78, 5) is 12.1. The zero-order chi connectivity index (χ0) is 16.3. The summed E-state index contributed by atoms with van der Waals surface area (Å²) in [5.41, 5.74) is 1.75. The van der Waals surface area contributed by atoms with E-state index in [1.54, 1.807) is 23.5 Å². The normalized spacial score (nSPS) is 14.6. The van der Waals surface area contributed by atoms with Gasteiger partial charge in [-0.3, -0.25) is 4.79 Å². The van der Waals surface area contributed by atoms with Crippen molar-refractivity contribution in [1.29, 1.82) is 0 Å². The molecular formula is C16H18N2O3S2. The van der Waals surface area contributed by atoms with Crippen LogP contribution in [-0.4, -0.2) is 20.4 Å². The third kappa shape index (κ3) is 4.63. The van der Waals surface area contributed by atoms with E-state index in [0.29, 0.717) is 18.5 Å². The number of aryl methyl sites for hydroxylation is 1. The summed E-state index contributed by atoms with van der Waals surface area (Å²) in [6.45, 7) is 0. The van der Waals surface area contributed by atoms with Crippen LogP contribution in [0.25, 0.3) is 0 Å². The number of rotatable bonds is 7. The number of thiophene rings is 1. The fourth-order valence-corrected chi connectivity index (χ4v) is 4.13. The van der Waals surface area contributed by atoms with Gasteiger partial charge in [-0.25, -0.2) is 13.1 Å². The summed E-state index contributed by atoms with van der Waals surface area (Å²) in [6.07, 6.45) is 2.90. The largest absolute Gasteiger partial charge is 0.326 e. The van der Waals surface area contributed by atoms with Crippen molar-refractivity contribution in [2.24, 2.45) is 0 Å². The Balaban J connectivity index is 1.55. The molecule has 1 heterocycles. The predicted octanol–water partition coefficient (Wildman–Crippen LogP) is 2.76. The Morgan fingerprint density at radius 2 is 1.91 bits per heavy atom. The van der Waals surface area contributed by atoms with Gasteiger partial charge in [0, 0.05) is 18.2 Å². The smallest absolute Gasteiger partial charge is 0.240 e. The summed E-state index contributed by atoms with van der Waals surface area (Å²) in [5.74, 6) is -0.0806. The summed E-state index contributed by atoms with van der Waals surface area (Å²) < 4.78 is 26.7. The molecule has 0 aliphatic heterocycles. The van der Waals surface area contributed by atoms with E-state index in [1.807, 2.05) is 16.8 Å². The minimum absolute atomic E-state index is 0.0801. The van der Waals surface area contributed by atoms with E-state index in [1.165, 1.54) is 12.1 Å². The highest BCUT2D eigenvalue weighted by molar-refractivity contribution is 7.89. The van der Waals surface area contributed by atoms with Crippen LogP contribution in [0, 0.1) is 0 Å². The second-order valence-electron chi connectivity index (χ2n) is 5.60. The number of carbonyl (C=O) groups is 1. The molecule has 1 aromatic heterocycles. The quantitative estimate of drug-likeness (QED) is 0.806. The van der Waals surface area contributed by atoms with Crippen molar-refractivity contribution in [1.82, 2.24) is 4.72 Å². The molecule has 122 valence electrons. The SMILES string of the molecule is O=C(CCc1ccsc1)Nc1ccc(S(=O)(=O)NC2CC2)cc1. The van der Waals surface area contributed by atoms with Crippen molar-refractivity contribution < 1.29 is 13.2 Å². The molecule has 7 heteroatoms. The topological polar surface area (TPSA) is 75.3 Å². The van der Waals surface area contributed by atoms with Crippen LogP contribution in [0.2, 0.25) is 0 Å². The Morgan fingerprint density at radius 3 is 2.52 bits per heavy atom. The molecule has 1 saturated carbocycles. The molecule has 1 aliphatic carbocycles. The Hall–Kier alpha value is -1.70. The van der Waals surface area contributed by atoms with Crippen LogP contribution in [0.4, 0.5) is 5.69 Å². The lowest BCUT2D eigenvalue weighted by Crippen LogP contribution is -2.25. The molecule has 0 radical (unpaired) electrons. The van der Waals surface area contributed by atoms with Crippen LogP contribution in [0.3, 0.4) is 0 Å². The first kappa shape index (κ1) is 16.2. The van der Waals surface area contributed by atoms with Gasteiger partial charge < -0.3 is 5.32 Å². The molecule has 0 unspecified atom stereocenters. The molecule has 1 amide bonds. The maximum Gasteiger partial charge on any atom is 0.240 e. The van der Waals surface area contributed by atoms with Crippen molar-refractivity contribution in [3.05, 3.63) is 46.7 Å². The van der Waals surface area contributed by atoms with Crippen LogP contribution >= 0.6 is 11.3 Å². The fraction of sp³-hybridized carbons (Fsp3) is 0.312. The van der Waals surface area contributed by atoms with Gasteiger partial charge in [0.15, 0.2) is 0 Å². The highest BCUT2D eigenvalue weighted by Crippen LogP contribution is 2.22. The van der Waals surface area contributed by atoms with Crippen LogP contribution < -0.4 is 10.0 Å². The van der Waals surface area contributed by atoms with E-state index in [9.17, 15) is 13.2 Å². The molecule has 5 nitrogen and oxygen atoms in total. The molecule has 2 N–H and O–H groups in total. The van der Waals surface area contributed by atoms with Crippen LogP contribution in [0.1, 0.15) is 24.8 Å². The van der Waals surface area contributed by atoms with Gasteiger partial charge in [0.2, 0.25) is 15.9 Å². The van der Waals surface area contributed by atoms with Crippen LogP contribution in [0.5, 0.6) is 0 Å². The highest BCUT2D eigenvalue weighted by atomic mass is 32.2. The Morgan fingerprint density at radius 1 is 1.17 bits per heavy atom. The average Bonchev–Trinajstić information content (AvgIpc) is 3.16. The zero-order valence-corrected chi connectivity index (χ0v) is 14.1. The number of anilines is 1. The first-order valence-electron chi connectivity index (χ1n) is 7.46. The van der Waals surface area contributed by atoms with E-state index in [4.69, 9.17) is 0 Å². The summed E-state index contributed by atoms with van der Waals surface area (Å²) in [6, 6.07) is 8.34. The first-order chi connectivity index (χ1) is 11.0. The Labute approximate surface area is 139 Å². The predicted molar refractivity (Wildman–Crippen MR) is 91.1 cm³/mol. The van der Waals surface area contributed by atoms with Crippen molar-refractivity contribution >= 4 is 33.0 Å². The van der Waals surface area contributed by atoms with Gasteiger partial charge in [0.25, 0.3) is 0 Å². The van der Waals surface area contributed by atoms with E-state index in [2.05, 4.69) is 10.0 Å². The van der Waals surface area contributed by atoms with Gasteiger partial charge in [-0.1, -0.05) is 0 Å². The summed E-state index contributed by atoms with van der Waals surface area (Å²) >= 11 is 1.61. The van der Waals surface area contributed by atoms with Crippen LogP contribution in [-0.2, 0) is 21.2 Å². The van der Waals surface area contributed by atoms with E-state index in [-0.39, 0.29) is 16.8 Å². The third-order valence-electron chi connectivity index (χ3n) is 3.57. The van der Waals surface area contributed by atoms with Gasteiger partial charge in [-0.15, -0.1) is 0 Å². The molecule has 0 spiro atoms. The Bertz CT molecular complexity index is 764. The third-order valence-corrected chi connectivity index (χ3v) is 5.84. The van der Waals surface area contributed by atoms with Gasteiger partial charge >= 0.3 is 0 Å². The molecule has 1 aliphatic rings. The zero-order valence-electron chi connectivity index (χ0n) is 12.5.